The van der Waals surface area contributed by atoms with Crippen molar-refractivity contribution in [2.75, 3.05) is 33.9 Å². The van der Waals surface area contributed by atoms with Gasteiger partial charge in [0.05, 0.1) is 6.61 Å². The van der Waals surface area contributed by atoms with Crippen LogP contribution in [0.25, 0.3) is 0 Å². The highest BCUT2D eigenvalue weighted by molar-refractivity contribution is 6.60. The van der Waals surface area contributed by atoms with Gasteiger partial charge in [0.1, 0.15) is 0 Å². The molecular formula is C10H23NO3Si. The molecular weight excluding hydrogens is 210 g/mol. The van der Waals surface area contributed by atoms with Crippen LogP contribution in [-0.2, 0) is 13.3 Å². The fraction of sp³-hybridized carbons (Fsp3) is 1.00. The Kier molecular flexibility index (Phi) is 6.43. The van der Waals surface area contributed by atoms with Crippen LogP contribution < -0.4 is 5.32 Å². The molecule has 1 aliphatic heterocycles. The van der Waals surface area contributed by atoms with Gasteiger partial charge in [-0.15, -0.1) is 0 Å². The Hall–Kier alpha value is 0.0569. The molecule has 1 saturated heterocycles. The van der Waals surface area contributed by atoms with Gasteiger partial charge in [-0.3, -0.25) is 0 Å². The molecule has 5 heteroatoms. The fourth-order valence-corrected chi connectivity index (χ4v) is 3.88. The lowest BCUT2D eigenvalue weighted by molar-refractivity contribution is 0.0988. The van der Waals surface area contributed by atoms with E-state index in [9.17, 15) is 0 Å². The van der Waals surface area contributed by atoms with Gasteiger partial charge in [0.2, 0.25) is 0 Å². The Morgan fingerprint density at radius 2 is 1.73 bits per heavy atom. The molecule has 0 saturated carbocycles. The van der Waals surface area contributed by atoms with Crippen LogP contribution in [-0.4, -0.2) is 42.7 Å². The molecule has 1 N–H and O–H groups in total. The standard InChI is InChI=1S/C10H23NO3Si/c1-12-15(13-2)10-6-4-3-5-7-11-8-9-14-15/h11H,3-10H2,1-2H3. The second-order valence-corrected chi connectivity index (χ2v) is 6.83. The summed E-state index contributed by atoms with van der Waals surface area (Å²) in [6.45, 7) is 2.67. The summed E-state index contributed by atoms with van der Waals surface area (Å²) >= 11 is 0. The molecule has 0 aromatic heterocycles. The first-order valence-corrected chi connectivity index (χ1v) is 7.71. The SMILES string of the molecule is CO[Si]1(OC)CCCCCCNCCO1. The van der Waals surface area contributed by atoms with Crippen molar-refractivity contribution in [1.82, 2.24) is 5.32 Å². The maximum absolute atomic E-state index is 5.79. The van der Waals surface area contributed by atoms with Crippen molar-refractivity contribution in [3.8, 4) is 0 Å². The molecule has 0 amide bonds. The number of hydrogen-bond acceptors (Lipinski definition) is 4. The third-order valence-electron chi connectivity index (χ3n) is 2.81. The number of nitrogens with one attached hydrogen (secondary N) is 1. The zero-order chi connectivity index (χ0) is 11.0. The first-order chi connectivity index (χ1) is 7.33. The van der Waals surface area contributed by atoms with Crippen LogP contribution >= 0.6 is 0 Å². The van der Waals surface area contributed by atoms with Crippen LogP contribution in [0.15, 0.2) is 0 Å². The van der Waals surface area contributed by atoms with Crippen LogP contribution in [0, 0.1) is 0 Å². The summed E-state index contributed by atoms with van der Waals surface area (Å²) in [7, 11) is 1.06. The molecule has 0 unspecified atom stereocenters. The van der Waals surface area contributed by atoms with E-state index in [0.29, 0.717) is 6.61 Å². The zero-order valence-electron chi connectivity index (χ0n) is 9.88. The van der Waals surface area contributed by atoms with E-state index >= 15 is 0 Å². The predicted molar refractivity (Wildman–Crippen MR) is 61.9 cm³/mol. The molecule has 1 rings (SSSR count). The topological polar surface area (TPSA) is 39.7 Å². The summed E-state index contributed by atoms with van der Waals surface area (Å²) in [5.41, 5.74) is 0. The summed E-state index contributed by atoms with van der Waals surface area (Å²) < 4.78 is 16.7. The smallest absolute Gasteiger partial charge is 0.377 e. The maximum Gasteiger partial charge on any atom is 0.500 e. The average molecular weight is 233 g/mol. The summed E-state index contributed by atoms with van der Waals surface area (Å²) in [6, 6.07) is 0.944. The summed E-state index contributed by atoms with van der Waals surface area (Å²) in [4.78, 5) is 0. The van der Waals surface area contributed by atoms with Gasteiger partial charge in [0.15, 0.2) is 0 Å². The number of hydrogen-bond donors (Lipinski definition) is 1. The molecule has 0 spiro atoms. The van der Waals surface area contributed by atoms with Gasteiger partial charge in [-0.05, 0) is 19.4 Å². The van der Waals surface area contributed by atoms with Crippen LogP contribution in [0.2, 0.25) is 6.04 Å². The first-order valence-electron chi connectivity index (χ1n) is 5.78. The molecule has 0 atom stereocenters. The molecule has 1 aliphatic rings. The van der Waals surface area contributed by atoms with E-state index in [0.717, 1.165) is 25.6 Å². The van der Waals surface area contributed by atoms with Crippen molar-refractivity contribution in [3.05, 3.63) is 0 Å². The van der Waals surface area contributed by atoms with Crippen LogP contribution in [0.3, 0.4) is 0 Å². The Morgan fingerprint density at radius 1 is 1.00 bits per heavy atom. The summed E-state index contributed by atoms with van der Waals surface area (Å²) in [5, 5.41) is 3.35. The molecule has 15 heavy (non-hydrogen) atoms. The average Bonchev–Trinajstić information content (AvgIpc) is 2.33. The minimum absolute atomic E-state index is 0.688. The van der Waals surface area contributed by atoms with E-state index in [-0.39, 0.29) is 0 Å². The van der Waals surface area contributed by atoms with E-state index in [1.807, 2.05) is 0 Å². The molecule has 0 aromatic carbocycles. The minimum atomic E-state index is -2.33. The molecule has 1 heterocycles. The van der Waals surface area contributed by atoms with Crippen molar-refractivity contribution >= 4 is 8.80 Å². The van der Waals surface area contributed by atoms with Gasteiger partial charge in [-0.25, -0.2) is 0 Å². The Balaban J connectivity index is 2.44. The lowest BCUT2D eigenvalue weighted by Crippen LogP contribution is -2.45. The quantitative estimate of drug-likeness (QED) is 0.732. The van der Waals surface area contributed by atoms with Gasteiger partial charge in [-0.1, -0.05) is 12.8 Å². The summed E-state index contributed by atoms with van der Waals surface area (Å²) in [5.74, 6) is 0. The highest BCUT2D eigenvalue weighted by Crippen LogP contribution is 2.18. The van der Waals surface area contributed by atoms with E-state index < -0.39 is 8.80 Å². The second kappa shape index (κ2) is 7.35. The van der Waals surface area contributed by atoms with Gasteiger partial charge >= 0.3 is 8.80 Å². The van der Waals surface area contributed by atoms with Crippen molar-refractivity contribution in [2.45, 2.75) is 31.7 Å². The molecule has 4 nitrogen and oxygen atoms in total. The third-order valence-corrected chi connectivity index (χ3v) is 5.66. The second-order valence-electron chi connectivity index (χ2n) is 3.85. The molecule has 0 bridgehead atoms. The van der Waals surface area contributed by atoms with E-state index in [4.69, 9.17) is 13.3 Å². The van der Waals surface area contributed by atoms with Crippen LogP contribution in [0.5, 0.6) is 0 Å². The first kappa shape index (κ1) is 13.1. The van der Waals surface area contributed by atoms with Crippen molar-refractivity contribution in [1.29, 1.82) is 0 Å². The number of rotatable bonds is 2. The lowest BCUT2D eigenvalue weighted by atomic mass is 10.2. The lowest BCUT2D eigenvalue weighted by Gasteiger charge is -2.26. The third kappa shape index (κ3) is 4.61. The van der Waals surface area contributed by atoms with E-state index in [2.05, 4.69) is 5.32 Å². The molecule has 1 fully saturated rings. The molecule has 90 valence electrons. The Labute approximate surface area is 93.7 Å². The zero-order valence-corrected chi connectivity index (χ0v) is 10.9. The minimum Gasteiger partial charge on any atom is -0.377 e. The molecule has 0 aromatic rings. The van der Waals surface area contributed by atoms with Gasteiger partial charge in [0, 0.05) is 26.8 Å². The largest absolute Gasteiger partial charge is 0.500 e. The Bertz CT molecular complexity index is 151. The molecule has 0 aliphatic carbocycles. The van der Waals surface area contributed by atoms with Crippen molar-refractivity contribution in [3.63, 3.8) is 0 Å². The maximum atomic E-state index is 5.79. The van der Waals surface area contributed by atoms with Crippen molar-refractivity contribution in [2.24, 2.45) is 0 Å². The van der Waals surface area contributed by atoms with Gasteiger partial charge in [-0.2, -0.15) is 0 Å². The predicted octanol–water partition coefficient (Wildman–Crippen LogP) is 1.40. The van der Waals surface area contributed by atoms with E-state index in [1.54, 1.807) is 14.2 Å². The van der Waals surface area contributed by atoms with Gasteiger partial charge in [0.25, 0.3) is 0 Å². The fourth-order valence-electron chi connectivity index (χ4n) is 1.83. The van der Waals surface area contributed by atoms with Crippen molar-refractivity contribution < 1.29 is 13.3 Å². The van der Waals surface area contributed by atoms with E-state index in [1.165, 1.54) is 19.3 Å². The molecule has 0 radical (unpaired) electrons. The normalized spacial score (nSPS) is 24.4. The van der Waals surface area contributed by atoms with Crippen LogP contribution in [0.1, 0.15) is 25.7 Å². The Morgan fingerprint density at radius 3 is 2.47 bits per heavy atom. The highest BCUT2D eigenvalue weighted by Gasteiger charge is 2.38. The monoisotopic (exact) mass is 233 g/mol. The summed E-state index contributed by atoms with van der Waals surface area (Å²) in [6.07, 6.45) is 4.93. The highest BCUT2D eigenvalue weighted by atomic mass is 28.4. The van der Waals surface area contributed by atoms with Gasteiger partial charge < -0.3 is 18.6 Å². The van der Waals surface area contributed by atoms with Crippen LogP contribution in [0.4, 0.5) is 0 Å².